The van der Waals surface area contributed by atoms with Gasteiger partial charge in [-0.05, 0) is 5.56 Å². The maximum absolute atomic E-state index is 13.0. The van der Waals surface area contributed by atoms with Gasteiger partial charge in [0.05, 0.1) is 19.6 Å². The molecule has 3 aliphatic rings. The number of carbonyl (C=O) groups is 3. The van der Waals surface area contributed by atoms with Crippen LogP contribution >= 0.6 is 0 Å². The van der Waals surface area contributed by atoms with Crippen molar-refractivity contribution >= 4 is 29.7 Å². The molecule has 0 saturated carbocycles. The summed E-state index contributed by atoms with van der Waals surface area (Å²) in [4.78, 5) is 45.3. The molecule has 1 saturated heterocycles. The molecule has 29 heavy (non-hydrogen) atoms. The topological polar surface area (TPSA) is 96.5 Å². The molecule has 0 aliphatic carbocycles. The first-order valence-corrected chi connectivity index (χ1v) is 9.68. The van der Waals surface area contributed by atoms with Gasteiger partial charge in [-0.3, -0.25) is 19.1 Å². The van der Waals surface area contributed by atoms with Crippen molar-refractivity contribution in [2.24, 2.45) is 10.9 Å². The first-order chi connectivity index (χ1) is 13.9. The Hall–Kier alpha value is -3.23. The van der Waals surface area contributed by atoms with Gasteiger partial charge in [0.15, 0.2) is 0 Å². The number of guanidine groups is 1. The van der Waals surface area contributed by atoms with Crippen LogP contribution in [0, 0.1) is 5.92 Å². The van der Waals surface area contributed by atoms with E-state index in [1.807, 2.05) is 23.1 Å². The molecule has 3 heterocycles. The number of carboxylic acid groups (broad SMARTS) is 1. The lowest BCUT2D eigenvalue weighted by molar-refractivity contribution is -0.545. The Bertz CT molecular complexity index is 926. The van der Waals surface area contributed by atoms with E-state index in [0.717, 1.165) is 24.4 Å². The summed E-state index contributed by atoms with van der Waals surface area (Å²) < 4.78 is 2.15. The third-order valence-corrected chi connectivity index (χ3v) is 5.52. The summed E-state index contributed by atoms with van der Waals surface area (Å²) in [6.07, 6.45) is 0.842. The lowest BCUT2D eigenvalue weighted by Gasteiger charge is -2.36. The normalized spacial score (nSPS) is 23.9. The Kier molecular flexibility index (Phi) is 4.81. The highest BCUT2D eigenvalue weighted by atomic mass is 16.4. The quantitative estimate of drug-likeness (QED) is 0.720. The van der Waals surface area contributed by atoms with Crippen LogP contribution in [0.15, 0.2) is 35.3 Å². The molecule has 0 bridgehead atoms. The Labute approximate surface area is 168 Å². The number of rotatable bonds is 5. The van der Waals surface area contributed by atoms with Gasteiger partial charge in [0.1, 0.15) is 6.54 Å². The molecular weight excluding hydrogens is 374 g/mol. The predicted molar refractivity (Wildman–Crippen MR) is 105 cm³/mol. The molecule has 2 unspecified atom stereocenters. The van der Waals surface area contributed by atoms with Crippen molar-refractivity contribution in [2.45, 2.75) is 19.4 Å². The first kappa shape index (κ1) is 19.1. The average Bonchev–Trinajstić information content (AvgIpc) is 3.08. The molecule has 1 N–H and O–H groups in total. The van der Waals surface area contributed by atoms with Crippen molar-refractivity contribution in [3.8, 4) is 0 Å². The van der Waals surface area contributed by atoms with Crippen LogP contribution in [0.1, 0.15) is 12.5 Å². The fourth-order valence-electron chi connectivity index (χ4n) is 4.18. The number of amides is 3. The van der Waals surface area contributed by atoms with Crippen molar-refractivity contribution in [3.05, 3.63) is 35.9 Å². The van der Waals surface area contributed by atoms with Crippen LogP contribution in [0.25, 0.3) is 0 Å². The maximum Gasteiger partial charge on any atom is 0.392 e. The van der Waals surface area contributed by atoms with E-state index >= 15 is 0 Å². The molecule has 3 aliphatic heterocycles. The fourth-order valence-corrected chi connectivity index (χ4v) is 4.18. The fraction of sp³-hybridized carbons (Fsp3) is 0.450. The maximum atomic E-state index is 13.0. The Balaban J connectivity index is 1.66. The average molecular weight is 398 g/mol. The minimum Gasteiger partial charge on any atom is -0.480 e. The summed E-state index contributed by atoms with van der Waals surface area (Å²) in [6.45, 7) is 3.65. The monoisotopic (exact) mass is 398 g/mol. The number of aliphatic imine (C=N–C) groups is 1. The second-order valence-electron chi connectivity index (χ2n) is 7.77. The summed E-state index contributed by atoms with van der Waals surface area (Å²) in [7, 11) is 1.53. The van der Waals surface area contributed by atoms with Gasteiger partial charge in [-0.2, -0.15) is 0 Å². The largest absolute Gasteiger partial charge is 0.480 e. The highest BCUT2D eigenvalue weighted by Gasteiger charge is 2.57. The number of carboxylic acids is 1. The number of urea groups is 1. The third-order valence-electron chi connectivity index (χ3n) is 5.52. The zero-order chi connectivity index (χ0) is 20.7. The van der Waals surface area contributed by atoms with E-state index in [9.17, 15) is 14.4 Å². The highest BCUT2D eigenvalue weighted by molar-refractivity contribution is 6.26. The molecule has 2 atom stereocenters. The van der Waals surface area contributed by atoms with Crippen LogP contribution in [0.5, 0.6) is 0 Å². The van der Waals surface area contributed by atoms with E-state index in [4.69, 9.17) is 5.11 Å². The smallest absolute Gasteiger partial charge is 0.392 e. The number of carbonyl (C=O) groups excluding carboxylic acids is 2. The van der Waals surface area contributed by atoms with Gasteiger partial charge in [-0.25, -0.2) is 14.6 Å². The summed E-state index contributed by atoms with van der Waals surface area (Å²) in [5.74, 6) is -0.395. The molecule has 0 radical (unpaired) electrons. The van der Waals surface area contributed by atoms with Crippen molar-refractivity contribution in [2.75, 3.05) is 33.2 Å². The molecule has 9 heteroatoms. The molecule has 1 aromatic carbocycles. The Morgan fingerprint density at radius 1 is 1.28 bits per heavy atom. The van der Waals surface area contributed by atoms with Crippen LogP contribution in [-0.4, -0.2) is 93.4 Å². The van der Waals surface area contributed by atoms with E-state index < -0.39 is 30.5 Å². The highest BCUT2D eigenvalue weighted by Crippen LogP contribution is 2.26. The molecule has 0 aromatic heterocycles. The van der Waals surface area contributed by atoms with Crippen molar-refractivity contribution in [3.63, 3.8) is 0 Å². The molecule has 3 amide bonds. The Morgan fingerprint density at radius 2 is 2.00 bits per heavy atom. The molecule has 1 aromatic rings. The number of hydrogen-bond donors (Lipinski definition) is 1. The van der Waals surface area contributed by atoms with Crippen LogP contribution in [-0.2, 0) is 16.0 Å². The molecule has 1 fully saturated rings. The molecule has 0 spiro atoms. The van der Waals surface area contributed by atoms with Crippen molar-refractivity contribution in [1.29, 1.82) is 0 Å². The second kappa shape index (κ2) is 7.31. The van der Waals surface area contributed by atoms with E-state index in [1.165, 1.54) is 17.5 Å². The van der Waals surface area contributed by atoms with E-state index in [1.54, 1.807) is 0 Å². The van der Waals surface area contributed by atoms with E-state index in [0.29, 0.717) is 24.3 Å². The summed E-state index contributed by atoms with van der Waals surface area (Å²) >= 11 is 0. The number of imide groups is 1. The lowest BCUT2D eigenvalue weighted by atomic mass is 10.1. The van der Waals surface area contributed by atoms with Gasteiger partial charge in [-0.15, -0.1) is 0 Å². The minimum absolute atomic E-state index is 0.299. The number of likely N-dealkylation sites (N-methyl/N-ethyl adjacent to an activating group) is 1. The van der Waals surface area contributed by atoms with E-state index in [-0.39, 0.29) is 0 Å². The number of amidine groups is 1. The van der Waals surface area contributed by atoms with Crippen LogP contribution in [0.2, 0.25) is 0 Å². The van der Waals surface area contributed by atoms with Crippen LogP contribution in [0.4, 0.5) is 4.79 Å². The summed E-state index contributed by atoms with van der Waals surface area (Å²) in [6, 6.07) is 8.75. The van der Waals surface area contributed by atoms with Gasteiger partial charge in [0, 0.05) is 19.4 Å². The second-order valence-corrected chi connectivity index (χ2v) is 7.77. The van der Waals surface area contributed by atoms with Crippen LogP contribution in [0.3, 0.4) is 0 Å². The number of fused-ring (bicyclic) bond motifs is 3. The van der Waals surface area contributed by atoms with Crippen molar-refractivity contribution in [1.82, 2.24) is 14.7 Å². The number of hydrogen-bond acceptors (Lipinski definition) is 5. The van der Waals surface area contributed by atoms with Crippen LogP contribution < -0.4 is 0 Å². The Morgan fingerprint density at radius 3 is 2.69 bits per heavy atom. The first-order valence-electron chi connectivity index (χ1n) is 9.68. The zero-order valence-electron chi connectivity index (χ0n) is 16.5. The van der Waals surface area contributed by atoms with Gasteiger partial charge < -0.3 is 5.11 Å². The lowest BCUT2D eigenvalue weighted by Crippen LogP contribution is -2.65. The number of aliphatic carboxylic acids is 1. The third kappa shape index (κ3) is 3.37. The summed E-state index contributed by atoms with van der Waals surface area (Å²) in [5, 5.41) is 9.10. The molecule has 9 nitrogen and oxygen atoms in total. The number of nitrogens with zero attached hydrogens (tertiary/aromatic N) is 5. The van der Waals surface area contributed by atoms with Gasteiger partial charge >= 0.3 is 18.0 Å². The van der Waals surface area contributed by atoms with E-state index in [2.05, 4.69) is 28.6 Å². The zero-order valence-corrected chi connectivity index (χ0v) is 16.5. The minimum atomic E-state index is -1.22. The predicted octanol–water partition coefficient (Wildman–Crippen LogP) is 0.309. The number of benzene rings is 1. The summed E-state index contributed by atoms with van der Waals surface area (Å²) in [5.41, 5.74) is 1.22. The van der Waals surface area contributed by atoms with Crippen molar-refractivity contribution < 1.29 is 24.1 Å². The van der Waals surface area contributed by atoms with Gasteiger partial charge in [-0.1, -0.05) is 42.2 Å². The van der Waals surface area contributed by atoms with Gasteiger partial charge in [0.25, 0.3) is 5.91 Å². The molecule has 4 rings (SSSR count). The standard InChI is InChI=1S/C20H23N5O4/c1-13-10-23(9-8-14-6-4-3-5-7-14)19-21-17-16(24(19)11-13)18(28)25(12-15(26)27)20(29)22(17)2/h3-7,13,16H,8-12H2,1-2H3/p+1. The van der Waals surface area contributed by atoms with Gasteiger partial charge in [0.2, 0.25) is 11.9 Å². The SMILES string of the molecule is CC1CN2C(=[N+](CCc3ccccc3)C1)N=C1C2C(=O)N(CC(=O)O)C(=O)N1C. The molecule has 152 valence electrons. The molecular formula is C20H24N5O4+.